The van der Waals surface area contributed by atoms with Gasteiger partial charge in [0.2, 0.25) is 0 Å². The van der Waals surface area contributed by atoms with Gasteiger partial charge < -0.3 is 33.6 Å². The lowest BCUT2D eigenvalue weighted by Crippen LogP contribution is -2.49. The van der Waals surface area contributed by atoms with E-state index in [0.29, 0.717) is 46.1 Å². The average Bonchev–Trinajstić information content (AvgIpc) is 3.01. The van der Waals surface area contributed by atoms with Crippen LogP contribution in [0.1, 0.15) is 44.2 Å². The Morgan fingerprint density at radius 2 is 1.66 bits per heavy atom. The number of hydrogen-bond donors (Lipinski definition) is 1. The van der Waals surface area contributed by atoms with Crippen molar-refractivity contribution in [1.29, 1.82) is 0 Å². The Balaban J connectivity index is 1.32. The van der Waals surface area contributed by atoms with E-state index in [4.69, 9.17) is 28.5 Å². The Morgan fingerprint density at radius 3 is 2.36 bits per heavy atom. The Labute approximate surface area is 262 Å². The molecular weight excluding hydrogens is 564 g/mol. The molecule has 0 aliphatic carbocycles. The maximum atomic E-state index is 12.4. The molecule has 2 aliphatic heterocycles. The zero-order valence-corrected chi connectivity index (χ0v) is 26.5. The first-order chi connectivity index (χ1) is 21.3. The molecule has 3 unspecified atom stereocenters. The summed E-state index contributed by atoms with van der Waals surface area (Å²) < 4.78 is 28.7. The quantitative estimate of drug-likeness (QED) is 0.228. The van der Waals surface area contributed by atoms with Crippen LogP contribution in [-0.2, 0) is 30.4 Å². The largest absolute Gasteiger partial charge is 0.528 e. The Bertz CT molecular complexity index is 1090. The highest BCUT2D eigenvalue weighted by Crippen LogP contribution is 2.38. The summed E-state index contributed by atoms with van der Waals surface area (Å²) in [6.07, 6.45) is 0.0489. The third-order valence-electron chi connectivity index (χ3n) is 7.79. The number of aliphatic hydroxyl groups is 1. The van der Waals surface area contributed by atoms with Gasteiger partial charge in [0.05, 0.1) is 46.2 Å². The van der Waals surface area contributed by atoms with Crippen LogP contribution >= 0.6 is 0 Å². The number of aliphatic hydroxyl groups excluding tert-OH is 1. The van der Waals surface area contributed by atoms with E-state index >= 15 is 0 Å². The van der Waals surface area contributed by atoms with Crippen molar-refractivity contribution in [3.63, 3.8) is 0 Å². The fourth-order valence-electron chi connectivity index (χ4n) is 5.68. The van der Waals surface area contributed by atoms with Gasteiger partial charge in [-0.1, -0.05) is 42.5 Å². The van der Waals surface area contributed by atoms with Crippen LogP contribution in [0.2, 0.25) is 0 Å². The summed E-state index contributed by atoms with van der Waals surface area (Å²) in [6.45, 7) is 13.2. The molecule has 0 aromatic heterocycles. The monoisotopic (exact) mass is 614 g/mol. The van der Waals surface area contributed by atoms with Crippen LogP contribution < -0.4 is 4.74 Å². The van der Waals surface area contributed by atoms with Crippen molar-refractivity contribution in [3.05, 3.63) is 65.7 Å². The number of ether oxygens (including phenoxy) is 5. The van der Waals surface area contributed by atoms with E-state index in [9.17, 15) is 9.90 Å². The molecule has 0 saturated carbocycles. The van der Waals surface area contributed by atoms with Crippen LogP contribution in [0.4, 0.5) is 4.79 Å². The van der Waals surface area contributed by atoms with Crippen LogP contribution in [0.25, 0.3) is 0 Å². The molecule has 2 aromatic carbocycles. The van der Waals surface area contributed by atoms with Gasteiger partial charge in [-0.05, 0) is 49.9 Å². The molecule has 2 saturated heterocycles. The van der Waals surface area contributed by atoms with Crippen LogP contribution in [0, 0.1) is 11.8 Å². The van der Waals surface area contributed by atoms with Crippen LogP contribution in [0.3, 0.4) is 0 Å². The van der Waals surface area contributed by atoms with Gasteiger partial charge in [0.1, 0.15) is 11.4 Å². The molecule has 10 nitrogen and oxygen atoms in total. The molecule has 0 bridgehead atoms. The summed E-state index contributed by atoms with van der Waals surface area (Å²) in [5.74, 6) is 0.637. The highest BCUT2D eigenvalue weighted by molar-refractivity contribution is 5.60. The fraction of sp³-hybridized carbons (Fsp3) is 0.618. The minimum Gasteiger partial charge on any atom is -0.494 e. The standard InChI is InChI=1S/C34H50N2O8/c1-34(2,3)43-33(38)44-36-22-29(24-37)32(30(23-36)26-41-21-16-35-14-19-39-20-15-35)28-10-12-31(13-11-28)42-18-7-17-40-25-27-8-5-4-6-9-27/h4-6,8-13,29-30,32,37H,7,14-26H2,1-3H3. The van der Waals surface area contributed by atoms with Crippen molar-refractivity contribution in [3.8, 4) is 5.75 Å². The summed E-state index contributed by atoms with van der Waals surface area (Å²) in [5, 5.41) is 12.1. The molecule has 1 N–H and O–H groups in total. The van der Waals surface area contributed by atoms with E-state index in [-0.39, 0.29) is 24.4 Å². The number of carbonyl (C=O) groups excluding carboxylic acids is 1. The number of morpholine rings is 1. The average molecular weight is 615 g/mol. The Hall–Kier alpha value is -2.73. The molecule has 0 spiro atoms. The molecule has 10 heteroatoms. The van der Waals surface area contributed by atoms with Gasteiger partial charge in [0, 0.05) is 57.6 Å². The molecule has 2 aromatic rings. The predicted octanol–water partition coefficient (Wildman–Crippen LogP) is 4.51. The zero-order chi connectivity index (χ0) is 31.2. The predicted molar refractivity (Wildman–Crippen MR) is 166 cm³/mol. The lowest BCUT2D eigenvalue weighted by molar-refractivity contribution is -0.180. The number of nitrogens with zero attached hydrogens (tertiary/aromatic N) is 2. The number of piperidine rings is 1. The van der Waals surface area contributed by atoms with Crippen LogP contribution in [0.5, 0.6) is 5.75 Å². The second-order valence-corrected chi connectivity index (χ2v) is 12.5. The second-order valence-electron chi connectivity index (χ2n) is 12.5. The van der Waals surface area contributed by atoms with Crippen molar-refractivity contribution in [2.45, 2.75) is 45.3 Å². The van der Waals surface area contributed by atoms with Crippen molar-refractivity contribution < 1.29 is 38.4 Å². The molecule has 4 rings (SSSR count). The molecule has 44 heavy (non-hydrogen) atoms. The van der Waals surface area contributed by atoms with Crippen LogP contribution in [0.15, 0.2) is 54.6 Å². The maximum absolute atomic E-state index is 12.4. The second kappa shape index (κ2) is 17.7. The minimum atomic E-state index is -0.744. The summed E-state index contributed by atoms with van der Waals surface area (Å²) in [7, 11) is 0. The van der Waals surface area contributed by atoms with E-state index < -0.39 is 11.8 Å². The third kappa shape index (κ3) is 11.6. The summed E-state index contributed by atoms with van der Waals surface area (Å²) in [6, 6.07) is 18.2. The number of hydrogen-bond acceptors (Lipinski definition) is 10. The highest BCUT2D eigenvalue weighted by atomic mass is 16.8. The SMILES string of the molecule is CC(C)(C)OC(=O)ON1CC(CO)C(c2ccc(OCCCOCc3ccccc3)cc2)C(COCCN2CCOCC2)C1. The highest BCUT2D eigenvalue weighted by Gasteiger charge is 2.39. The molecule has 3 atom stereocenters. The smallest absolute Gasteiger partial charge is 0.494 e. The van der Waals surface area contributed by atoms with Crippen molar-refractivity contribution in [1.82, 2.24) is 9.96 Å². The molecule has 2 heterocycles. The van der Waals surface area contributed by atoms with E-state index in [1.807, 2.05) is 30.3 Å². The third-order valence-corrected chi connectivity index (χ3v) is 7.79. The van der Waals surface area contributed by atoms with E-state index in [0.717, 1.165) is 56.1 Å². The number of benzene rings is 2. The molecule has 2 fully saturated rings. The Morgan fingerprint density at radius 1 is 0.932 bits per heavy atom. The van der Waals surface area contributed by atoms with E-state index in [1.54, 1.807) is 25.8 Å². The summed E-state index contributed by atoms with van der Waals surface area (Å²) >= 11 is 0. The van der Waals surface area contributed by atoms with Gasteiger partial charge >= 0.3 is 6.16 Å². The lowest BCUT2D eigenvalue weighted by Gasteiger charge is -2.42. The van der Waals surface area contributed by atoms with Gasteiger partial charge in [-0.15, -0.1) is 5.06 Å². The van der Waals surface area contributed by atoms with Gasteiger partial charge in [-0.2, -0.15) is 0 Å². The fourth-order valence-corrected chi connectivity index (χ4v) is 5.68. The number of carbonyl (C=O) groups is 1. The van der Waals surface area contributed by atoms with Gasteiger partial charge in [0.15, 0.2) is 0 Å². The van der Waals surface area contributed by atoms with Gasteiger partial charge in [0.25, 0.3) is 0 Å². The Kier molecular flexibility index (Phi) is 13.7. The minimum absolute atomic E-state index is 0.0124. The maximum Gasteiger partial charge on any atom is 0.528 e. The molecule has 244 valence electrons. The molecule has 0 amide bonds. The topological polar surface area (TPSA) is 99.2 Å². The number of rotatable bonds is 15. The number of hydroxylamine groups is 2. The van der Waals surface area contributed by atoms with Crippen molar-refractivity contribution in [2.75, 3.05) is 79.0 Å². The van der Waals surface area contributed by atoms with Gasteiger partial charge in [-0.3, -0.25) is 4.90 Å². The summed E-state index contributed by atoms with van der Waals surface area (Å²) in [4.78, 5) is 20.4. The first kappa shape index (κ1) is 34.1. The first-order valence-corrected chi connectivity index (χ1v) is 15.8. The zero-order valence-electron chi connectivity index (χ0n) is 26.5. The first-order valence-electron chi connectivity index (χ1n) is 15.8. The summed E-state index contributed by atoms with van der Waals surface area (Å²) in [5.41, 5.74) is 1.60. The molecular formula is C34H50N2O8. The normalized spacial score (nSPS) is 21.6. The lowest BCUT2D eigenvalue weighted by atomic mass is 9.74. The van der Waals surface area contributed by atoms with Crippen LogP contribution in [-0.4, -0.2) is 106 Å². The van der Waals surface area contributed by atoms with Gasteiger partial charge in [-0.25, -0.2) is 4.79 Å². The molecule has 2 aliphatic rings. The van der Waals surface area contributed by atoms with Crippen molar-refractivity contribution in [2.24, 2.45) is 11.8 Å². The van der Waals surface area contributed by atoms with Crippen molar-refractivity contribution >= 4 is 6.16 Å². The van der Waals surface area contributed by atoms with E-state index in [2.05, 4.69) is 29.2 Å². The molecule has 0 radical (unpaired) electrons. The van der Waals surface area contributed by atoms with E-state index in [1.165, 1.54) is 0 Å².